The Labute approximate surface area is 168 Å². The fraction of sp³-hybridized carbons (Fsp3) is 0.500. The zero-order valence-electron chi connectivity index (χ0n) is 16.2. The van der Waals surface area contributed by atoms with E-state index in [2.05, 4.69) is 10.2 Å². The summed E-state index contributed by atoms with van der Waals surface area (Å²) >= 11 is 0. The maximum Gasteiger partial charge on any atom is 0.255 e. The maximum atomic E-state index is 12.8. The fourth-order valence-electron chi connectivity index (χ4n) is 4.27. The predicted octanol–water partition coefficient (Wildman–Crippen LogP) is -0.949. The Hall–Kier alpha value is -2.78. The summed E-state index contributed by atoms with van der Waals surface area (Å²) in [6.07, 6.45) is 0.615. The average molecular weight is 399 g/mol. The van der Waals surface area contributed by atoms with Gasteiger partial charge in [0.2, 0.25) is 17.7 Å². The quantitative estimate of drug-likeness (QED) is 0.631. The highest BCUT2D eigenvalue weighted by Crippen LogP contribution is 2.28. The van der Waals surface area contributed by atoms with Crippen molar-refractivity contribution in [2.75, 3.05) is 32.7 Å². The van der Waals surface area contributed by atoms with Gasteiger partial charge in [-0.25, -0.2) is 0 Å². The largest absolute Gasteiger partial charge is 0.339 e. The minimum Gasteiger partial charge on any atom is -0.339 e. The van der Waals surface area contributed by atoms with Gasteiger partial charge in [0.1, 0.15) is 6.04 Å². The predicted molar refractivity (Wildman–Crippen MR) is 103 cm³/mol. The summed E-state index contributed by atoms with van der Waals surface area (Å²) in [5.74, 6) is -0.859. The molecule has 4 amide bonds. The molecule has 3 aliphatic heterocycles. The highest BCUT2D eigenvalue weighted by Gasteiger charge is 2.39. The third-order valence-corrected chi connectivity index (χ3v) is 5.89. The van der Waals surface area contributed by atoms with Gasteiger partial charge in [-0.2, -0.15) is 0 Å². The average Bonchev–Trinajstić information content (AvgIpc) is 3.03. The van der Waals surface area contributed by atoms with E-state index >= 15 is 0 Å². The zero-order chi connectivity index (χ0) is 20.5. The van der Waals surface area contributed by atoms with Crippen molar-refractivity contribution in [3.63, 3.8) is 0 Å². The first-order valence-corrected chi connectivity index (χ1v) is 9.93. The van der Waals surface area contributed by atoms with E-state index in [1.165, 1.54) is 0 Å². The Balaban J connectivity index is 1.40. The van der Waals surface area contributed by atoms with Crippen LogP contribution in [0.1, 0.15) is 34.3 Å². The second-order valence-electron chi connectivity index (χ2n) is 7.75. The molecular weight excluding hydrogens is 374 g/mol. The number of rotatable bonds is 4. The number of piperidine rings is 1. The Morgan fingerprint density at radius 1 is 1.14 bits per heavy atom. The fourth-order valence-corrected chi connectivity index (χ4v) is 4.27. The lowest BCUT2D eigenvalue weighted by molar-refractivity contribution is -0.137. The first-order valence-electron chi connectivity index (χ1n) is 9.93. The van der Waals surface area contributed by atoms with Gasteiger partial charge >= 0.3 is 0 Å². The van der Waals surface area contributed by atoms with Gasteiger partial charge in [-0.15, -0.1) is 0 Å². The number of benzene rings is 1. The summed E-state index contributed by atoms with van der Waals surface area (Å²) in [6.45, 7) is 4.07. The lowest BCUT2D eigenvalue weighted by Crippen LogP contribution is -2.52. The summed E-state index contributed by atoms with van der Waals surface area (Å²) in [7, 11) is 0. The molecule has 0 radical (unpaired) electrons. The van der Waals surface area contributed by atoms with Crippen LogP contribution in [0.2, 0.25) is 0 Å². The summed E-state index contributed by atoms with van der Waals surface area (Å²) in [5.41, 5.74) is 8.06. The molecule has 1 atom stereocenters. The normalized spacial score (nSPS) is 22.7. The van der Waals surface area contributed by atoms with Gasteiger partial charge in [0.25, 0.3) is 5.91 Å². The van der Waals surface area contributed by atoms with Crippen molar-refractivity contribution < 1.29 is 19.2 Å². The van der Waals surface area contributed by atoms with Crippen molar-refractivity contribution >= 4 is 23.6 Å². The number of nitrogens with one attached hydrogen (secondary N) is 1. The molecule has 0 bridgehead atoms. The van der Waals surface area contributed by atoms with E-state index in [0.717, 1.165) is 30.8 Å². The molecule has 3 aliphatic rings. The zero-order valence-corrected chi connectivity index (χ0v) is 16.2. The van der Waals surface area contributed by atoms with Crippen molar-refractivity contribution in [2.45, 2.75) is 32.0 Å². The highest BCUT2D eigenvalue weighted by molar-refractivity contribution is 6.05. The van der Waals surface area contributed by atoms with Crippen molar-refractivity contribution in [1.29, 1.82) is 0 Å². The molecule has 29 heavy (non-hydrogen) atoms. The lowest BCUT2D eigenvalue weighted by atomic mass is 10.0. The number of nitrogens with two attached hydrogens (primary N) is 1. The molecule has 0 aliphatic carbocycles. The number of fused-ring (bicyclic) bond motifs is 1. The molecule has 0 saturated carbocycles. The smallest absolute Gasteiger partial charge is 0.255 e. The third kappa shape index (κ3) is 3.88. The molecule has 0 spiro atoms. The summed E-state index contributed by atoms with van der Waals surface area (Å²) in [4.78, 5) is 53.6. The van der Waals surface area contributed by atoms with Crippen LogP contribution in [-0.2, 0) is 27.5 Å². The van der Waals surface area contributed by atoms with Crippen LogP contribution in [0.4, 0.5) is 0 Å². The molecule has 1 aromatic carbocycles. The Morgan fingerprint density at radius 2 is 1.90 bits per heavy atom. The van der Waals surface area contributed by atoms with Crippen molar-refractivity contribution in [1.82, 2.24) is 20.0 Å². The Morgan fingerprint density at radius 3 is 2.59 bits per heavy atom. The van der Waals surface area contributed by atoms with Gasteiger partial charge in [0.05, 0.1) is 6.54 Å². The number of piperazine rings is 1. The van der Waals surface area contributed by atoms with Crippen LogP contribution < -0.4 is 11.1 Å². The van der Waals surface area contributed by atoms with E-state index in [1.54, 1.807) is 9.80 Å². The molecule has 154 valence electrons. The molecule has 9 heteroatoms. The Bertz CT molecular complexity index is 862. The number of hydrogen-bond donors (Lipinski definition) is 2. The molecule has 2 fully saturated rings. The van der Waals surface area contributed by atoms with E-state index < -0.39 is 11.9 Å². The second-order valence-corrected chi connectivity index (χ2v) is 7.75. The van der Waals surface area contributed by atoms with Crippen LogP contribution in [0.25, 0.3) is 0 Å². The number of amides is 4. The van der Waals surface area contributed by atoms with Crippen LogP contribution in [0.5, 0.6) is 0 Å². The standard InChI is InChI=1S/C20H25N5O4/c21-10-18(27)24-7-5-23(6-8-24)11-13-1-2-15-14(9-13)12-25(20(15)29)16-3-4-17(26)22-19(16)28/h1-2,9,16H,3-8,10-12,21H2,(H,22,26,28). The number of imide groups is 1. The molecule has 4 rings (SSSR count). The van der Waals surface area contributed by atoms with E-state index in [4.69, 9.17) is 5.73 Å². The minimum absolute atomic E-state index is 0.0192. The molecule has 9 nitrogen and oxygen atoms in total. The van der Waals surface area contributed by atoms with Gasteiger partial charge in [-0.05, 0) is 23.6 Å². The summed E-state index contributed by atoms with van der Waals surface area (Å²) in [5, 5.41) is 2.32. The first-order chi connectivity index (χ1) is 14.0. The maximum absolute atomic E-state index is 12.8. The summed E-state index contributed by atoms with van der Waals surface area (Å²) < 4.78 is 0. The van der Waals surface area contributed by atoms with Crippen LogP contribution in [-0.4, -0.2) is 77.1 Å². The molecule has 2 saturated heterocycles. The molecule has 1 aromatic rings. The molecular formula is C20H25N5O4. The highest BCUT2D eigenvalue weighted by atomic mass is 16.2. The van der Waals surface area contributed by atoms with E-state index in [-0.39, 0.29) is 30.7 Å². The molecule has 3 N–H and O–H groups in total. The van der Waals surface area contributed by atoms with Gasteiger partial charge in [-0.3, -0.25) is 29.4 Å². The molecule has 1 unspecified atom stereocenters. The van der Waals surface area contributed by atoms with Crippen LogP contribution in [0.3, 0.4) is 0 Å². The van der Waals surface area contributed by atoms with Gasteiger partial charge in [0.15, 0.2) is 0 Å². The van der Waals surface area contributed by atoms with Crippen molar-refractivity contribution in [3.8, 4) is 0 Å². The van der Waals surface area contributed by atoms with Gasteiger partial charge < -0.3 is 15.5 Å². The number of carbonyl (C=O) groups is 4. The SMILES string of the molecule is NCC(=O)N1CCN(Cc2ccc3c(c2)CN(C2CCC(=O)NC2=O)C3=O)CC1. The first kappa shape index (κ1) is 19.5. The van der Waals surface area contributed by atoms with E-state index in [1.807, 2.05) is 18.2 Å². The number of hydrogen-bond acceptors (Lipinski definition) is 6. The monoisotopic (exact) mass is 399 g/mol. The number of nitrogens with zero attached hydrogens (tertiary/aromatic N) is 3. The summed E-state index contributed by atoms with van der Waals surface area (Å²) in [6, 6.07) is 5.20. The Kier molecular flexibility index (Phi) is 5.33. The van der Waals surface area contributed by atoms with Crippen LogP contribution >= 0.6 is 0 Å². The topological polar surface area (TPSA) is 116 Å². The second kappa shape index (κ2) is 7.92. The van der Waals surface area contributed by atoms with E-state index in [9.17, 15) is 19.2 Å². The van der Waals surface area contributed by atoms with Crippen molar-refractivity contribution in [3.05, 3.63) is 34.9 Å². The van der Waals surface area contributed by atoms with Crippen molar-refractivity contribution in [2.24, 2.45) is 5.73 Å². The number of carbonyl (C=O) groups excluding carboxylic acids is 4. The van der Waals surface area contributed by atoms with E-state index in [0.29, 0.717) is 31.6 Å². The van der Waals surface area contributed by atoms with Gasteiger partial charge in [-0.1, -0.05) is 12.1 Å². The molecule has 3 heterocycles. The van der Waals surface area contributed by atoms with Gasteiger partial charge in [0, 0.05) is 51.3 Å². The lowest BCUT2D eigenvalue weighted by Gasteiger charge is -2.34. The molecule has 0 aromatic heterocycles. The third-order valence-electron chi connectivity index (χ3n) is 5.89. The van der Waals surface area contributed by atoms with Crippen LogP contribution in [0.15, 0.2) is 18.2 Å². The van der Waals surface area contributed by atoms with Crippen LogP contribution in [0, 0.1) is 0 Å². The minimum atomic E-state index is -0.593.